The van der Waals surface area contributed by atoms with Gasteiger partial charge in [0.15, 0.2) is 5.79 Å². The maximum atomic E-state index is 10.1. The van der Waals surface area contributed by atoms with Gasteiger partial charge in [0.1, 0.15) is 0 Å². The molecule has 0 aromatic carbocycles. The predicted molar refractivity (Wildman–Crippen MR) is 80.7 cm³/mol. The Hall–Kier alpha value is -0.380. The van der Waals surface area contributed by atoms with E-state index in [9.17, 15) is 5.11 Å². The average Bonchev–Trinajstić information content (AvgIpc) is 3.03. The highest BCUT2D eigenvalue weighted by Gasteiger charge is 2.71. The lowest BCUT2D eigenvalue weighted by atomic mass is 9.45. The highest BCUT2D eigenvalue weighted by Crippen LogP contribution is 2.73. The topological polar surface area (TPSA) is 38.7 Å². The second kappa shape index (κ2) is 4.33. The molecule has 1 aliphatic heterocycles. The zero-order chi connectivity index (χ0) is 14.9. The molecule has 4 aliphatic carbocycles. The molecule has 1 N–H and O–H groups in total. The lowest BCUT2D eigenvalue weighted by Crippen LogP contribution is -2.64. The summed E-state index contributed by atoms with van der Waals surface area (Å²) in [5.74, 6) is 0.483. The van der Waals surface area contributed by atoms with Gasteiger partial charge in [-0.25, -0.2) is 0 Å². The predicted octanol–water partition coefficient (Wildman–Crippen LogP) is 3.27. The first kappa shape index (κ1) is 14.2. The molecule has 3 atom stereocenters. The second-order valence-electron chi connectivity index (χ2n) is 8.19. The van der Waals surface area contributed by atoms with E-state index in [0.717, 1.165) is 32.5 Å². The van der Waals surface area contributed by atoms with Crippen molar-refractivity contribution in [1.29, 1.82) is 0 Å². The number of hydrogen-bond donors (Lipinski definition) is 1. The van der Waals surface area contributed by atoms with Crippen LogP contribution >= 0.6 is 0 Å². The fraction of sp³-hybridized carbons (Fsp3) is 0.889. The van der Waals surface area contributed by atoms with Crippen LogP contribution in [0.3, 0.4) is 0 Å². The van der Waals surface area contributed by atoms with E-state index in [4.69, 9.17) is 9.47 Å². The summed E-state index contributed by atoms with van der Waals surface area (Å²) in [6, 6.07) is 0. The van der Waals surface area contributed by atoms with Crippen LogP contribution in [0.15, 0.2) is 11.1 Å². The van der Waals surface area contributed by atoms with Crippen LogP contribution in [0.2, 0.25) is 0 Å². The standard InChI is InChI=1S/C18H28O3/c1-12(2)13-4-5-17-7-6-16(3,14(10-19)15(13)17)11-18(17)20-8-9-21-18/h12,14,19H,4-11H2,1-3H3/t14-,16+,17+/m1/s1. The van der Waals surface area contributed by atoms with E-state index >= 15 is 0 Å². The van der Waals surface area contributed by atoms with Crippen LogP contribution in [0.25, 0.3) is 0 Å². The van der Waals surface area contributed by atoms with E-state index in [1.165, 1.54) is 18.4 Å². The van der Waals surface area contributed by atoms with Gasteiger partial charge in [0, 0.05) is 17.8 Å². The first-order chi connectivity index (χ1) is 9.98. The fourth-order valence-corrected chi connectivity index (χ4v) is 6.01. The van der Waals surface area contributed by atoms with Gasteiger partial charge in [-0.15, -0.1) is 0 Å². The van der Waals surface area contributed by atoms with Crippen molar-refractivity contribution in [2.24, 2.45) is 22.7 Å². The van der Waals surface area contributed by atoms with Gasteiger partial charge in [-0.3, -0.25) is 0 Å². The average molecular weight is 292 g/mol. The van der Waals surface area contributed by atoms with Gasteiger partial charge >= 0.3 is 0 Å². The Morgan fingerprint density at radius 2 is 1.90 bits per heavy atom. The van der Waals surface area contributed by atoms with Crippen molar-refractivity contribution in [2.45, 2.75) is 58.7 Å². The highest BCUT2D eigenvalue weighted by molar-refractivity contribution is 5.41. The lowest BCUT2D eigenvalue weighted by molar-refractivity contribution is -0.290. The summed E-state index contributed by atoms with van der Waals surface area (Å²) in [7, 11) is 0. The number of allylic oxidation sites excluding steroid dienone is 1. The summed E-state index contributed by atoms with van der Waals surface area (Å²) in [6.45, 7) is 8.66. The molecule has 0 unspecified atom stereocenters. The lowest BCUT2D eigenvalue weighted by Gasteiger charge is -2.64. The van der Waals surface area contributed by atoms with E-state index in [0.29, 0.717) is 11.8 Å². The van der Waals surface area contributed by atoms with Gasteiger partial charge < -0.3 is 14.6 Å². The van der Waals surface area contributed by atoms with Crippen molar-refractivity contribution in [3.8, 4) is 0 Å². The van der Waals surface area contributed by atoms with Crippen molar-refractivity contribution < 1.29 is 14.6 Å². The molecule has 1 heterocycles. The summed E-state index contributed by atoms with van der Waals surface area (Å²) in [4.78, 5) is 0. The number of hydrogen-bond acceptors (Lipinski definition) is 3. The molecule has 5 aliphatic rings. The number of aliphatic hydroxyl groups is 1. The van der Waals surface area contributed by atoms with Gasteiger partial charge in [0.25, 0.3) is 0 Å². The zero-order valence-corrected chi connectivity index (χ0v) is 13.6. The monoisotopic (exact) mass is 292 g/mol. The molecule has 21 heavy (non-hydrogen) atoms. The van der Waals surface area contributed by atoms with Gasteiger partial charge in [-0.1, -0.05) is 31.9 Å². The Morgan fingerprint density at radius 3 is 2.52 bits per heavy atom. The summed E-state index contributed by atoms with van der Waals surface area (Å²) in [5.41, 5.74) is 3.29. The molecular weight excluding hydrogens is 264 g/mol. The normalized spacial score (nSPS) is 44.1. The van der Waals surface area contributed by atoms with E-state index in [1.54, 1.807) is 5.57 Å². The molecule has 0 aromatic rings. The molecule has 118 valence electrons. The molecule has 3 heteroatoms. The second-order valence-corrected chi connectivity index (χ2v) is 8.19. The summed E-state index contributed by atoms with van der Waals surface area (Å²) < 4.78 is 12.5. The maximum Gasteiger partial charge on any atom is 0.178 e. The molecule has 3 saturated carbocycles. The van der Waals surface area contributed by atoms with Crippen molar-refractivity contribution in [3.05, 3.63) is 11.1 Å². The molecule has 3 nitrogen and oxygen atoms in total. The number of fused-ring (bicyclic) bond motifs is 1. The van der Waals surface area contributed by atoms with Crippen LogP contribution in [0.1, 0.15) is 52.9 Å². The van der Waals surface area contributed by atoms with Gasteiger partial charge in [0.05, 0.1) is 19.8 Å². The molecule has 1 saturated heterocycles. The molecular formula is C18H28O3. The first-order valence-corrected chi connectivity index (χ1v) is 8.60. The van der Waals surface area contributed by atoms with Gasteiger partial charge in [-0.2, -0.15) is 0 Å². The van der Waals surface area contributed by atoms with Crippen LogP contribution in [0, 0.1) is 22.7 Å². The SMILES string of the molecule is CC(C)C1=C2[C@@H](CO)[C@@]3(C)CC[C@]2(CC1)C1(C3)OCCO1. The molecule has 4 fully saturated rings. The van der Waals surface area contributed by atoms with Crippen molar-refractivity contribution in [3.63, 3.8) is 0 Å². The third-order valence-corrected chi connectivity index (χ3v) is 6.99. The van der Waals surface area contributed by atoms with Crippen LogP contribution in [0.4, 0.5) is 0 Å². The first-order valence-electron chi connectivity index (χ1n) is 8.60. The molecule has 0 amide bonds. The Balaban J connectivity index is 1.92. The summed E-state index contributed by atoms with van der Waals surface area (Å²) in [5, 5.41) is 10.1. The summed E-state index contributed by atoms with van der Waals surface area (Å²) in [6.07, 6.45) is 5.64. The molecule has 2 spiro atoms. The molecule has 5 rings (SSSR count). The Kier molecular flexibility index (Phi) is 2.94. The van der Waals surface area contributed by atoms with Crippen LogP contribution in [0.5, 0.6) is 0 Å². The third-order valence-electron chi connectivity index (χ3n) is 6.99. The zero-order valence-electron chi connectivity index (χ0n) is 13.6. The minimum absolute atomic E-state index is 0.0499. The molecule has 0 aromatic heterocycles. The van der Waals surface area contributed by atoms with Crippen molar-refractivity contribution >= 4 is 0 Å². The quantitative estimate of drug-likeness (QED) is 0.794. The number of aliphatic hydroxyl groups excluding tert-OH is 1. The summed E-state index contributed by atoms with van der Waals surface area (Å²) >= 11 is 0. The van der Waals surface area contributed by atoms with Crippen LogP contribution in [-0.2, 0) is 9.47 Å². The van der Waals surface area contributed by atoms with E-state index < -0.39 is 5.79 Å². The fourth-order valence-electron chi connectivity index (χ4n) is 6.01. The third kappa shape index (κ3) is 1.55. The largest absolute Gasteiger partial charge is 0.396 e. The minimum Gasteiger partial charge on any atom is -0.396 e. The Labute approximate surface area is 127 Å². The van der Waals surface area contributed by atoms with Crippen molar-refractivity contribution in [1.82, 2.24) is 0 Å². The van der Waals surface area contributed by atoms with Gasteiger partial charge in [0.2, 0.25) is 0 Å². The van der Waals surface area contributed by atoms with Gasteiger partial charge in [-0.05, 0) is 37.0 Å². The minimum atomic E-state index is -0.391. The Bertz CT molecular complexity index is 489. The molecule has 0 radical (unpaired) electrons. The number of rotatable bonds is 2. The van der Waals surface area contributed by atoms with Crippen LogP contribution in [-0.4, -0.2) is 30.7 Å². The Morgan fingerprint density at radius 1 is 1.19 bits per heavy atom. The maximum absolute atomic E-state index is 10.1. The number of ether oxygens (including phenoxy) is 2. The smallest absolute Gasteiger partial charge is 0.178 e. The van der Waals surface area contributed by atoms with E-state index in [-0.39, 0.29) is 17.4 Å². The van der Waals surface area contributed by atoms with Crippen LogP contribution < -0.4 is 0 Å². The highest BCUT2D eigenvalue weighted by atomic mass is 16.7. The van der Waals surface area contributed by atoms with E-state index in [1.807, 2.05) is 0 Å². The van der Waals surface area contributed by atoms with E-state index in [2.05, 4.69) is 20.8 Å². The molecule has 2 bridgehead atoms. The van der Waals surface area contributed by atoms with Crippen molar-refractivity contribution in [2.75, 3.05) is 19.8 Å².